The van der Waals surface area contributed by atoms with Crippen molar-refractivity contribution >= 4 is 17.5 Å². The van der Waals surface area contributed by atoms with Crippen LogP contribution in [-0.2, 0) is 0 Å². The van der Waals surface area contributed by atoms with Crippen LogP contribution in [0.25, 0.3) is 11.1 Å². The minimum absolute atomic E-state index is 0.0289. The molecule has 0 amide bonds. The molecule has 1 heterocycles. The van der Waals surface area contributed by atoms with Crippen LogP contribution in [0.3, 0.4) is 0 Å². The highest BCUT2D eigenvalue weighted by atomic mass is 19.4. The molecule has 0 radical (unpaired) electrons. The summed E-state index contributed by atoms with van der Waals surface area (Å²) in [6.07, 6.45) is -3.28. The Hall–Kier alpha value is -3.55. The van der Waals surface area contributed by atoms with Gasteiger partial charge in [0.1, 0.15) is 17.1 Å². The number of pyridine rings is 1. The molecule has 0 saturated carbocycles. The van der Waals surface area contributed by atoms with Crippen LogP contribution < -0.4 is 10.1 Å². The first kappa shape index (κ1) is 19.2. The predicted molar refractivity (Wildman–Crippen MR) is 97.8 cm³/mol. The van der Waals surface area contributed by atoms with Gasteiger partial charge in [0.05, 0.1) is 0 Å². The van der Waals surface area contributed by atoms with Gasteiger partial charge in [-0.1, -0.05) is 18.2 Å². The minimum Gasteiger partial charge on any atom is -0.478 e. The lowest BCUT2D eigenvalue weighted by Gasteiger charge is -2.13. The smallest absolute Gasteiger partial charge is 0.478 e. The van der Waals surface area contributed by atoms with Crippen LogP contribution in [0.1, 0.15) is 15.9 Å². The van der Waals surface area contributed by atoms with E-state index in [1.54, 1.807) is 31.2 Å². The van der Waals surface area contributed by atoms with Gasteiger partial charge in [-0.25, -0.2) is 9.78 Å². The third-order valence-corrected chi connectivity index (χ3v) is 3.91. The van der Waals surface area contributed by atoms with Gasteiger partial charge in [-0.15, -0.1) is 13.2 Å². The predicted octanol–water partition coefficient (Wildman–Crippen LogP) is 5.40. The second-order valence-corrected chi connectivity index (χ2v) is 5.94. The number of aryl methyl sites for hydroxylation is 1. The van der Waals surface area contributed by atoms with Crippen LogP contribution in [-0.4, -0.2) is 22.4 Å². The fraction of sp³-hybridized carbons (Fsp3) is 0.100. The van der Waals surface area contributed by atoms with E-state index in [1.807, 2.05) is 0 Å². The topological polar surface area (TPSA) is 71.5 Å². The maximum Gasteiger partial charge on any atom is 0.573 e. The number of hydrogen-bond donors (Lipinski definition) is 2. The second kappa shape index (κ2) is 7.59. The third kappa shape index (κ3) is 4.59. The van der Waals surface area contributed by atoms with Crippen molar-refractivity contribution in [1.82, 2.24) is 4.98 Å². The minimum atomic E-state index is -4.76. The van der Waals surface area contributed by atoms with Crippen molar-refractivity contribution in [2.75, 3.05) is 5.32 Å². The number of ether oxygens (including phenoxy) is 1. The van der Waals surface area contributed by atoms with Crippen molar-refractivity contribution in [3.63, 3.8) is 0 Å². The lowest BCUT2D eigenvalue weighted by Crippen LogP contribution is -2.17. The SMILES string of the molecule is Cc1cc(Nc2ncccc2C(=O)O)ccc1-c1cccc(OC(F)(F)F)c1. The number of nitrogens with one attached hydrogen (secondary N) is 1. The molecular weight excluding hydrogens is 373 g/mol. The molecule has 0 atom stereocenters. The normalized spacial score (nSPS) is 11.1. The number of alkyl halides is 3. The molecule has 2 N–H and O–H groups in total. The summed E-state index contributed by atoms with van der Waals surface area (Å²) in [7, 11) is 0. The van der Waals surface area contributed by atoms with Gasteiger partial charge in [0.2, 0.25) is 0 Å². The van der Waals surface area contributed by atoms with E-state index in [0.29, 0.717) is 11.3 Å². The van der Waals surface area contributed by atoms with Crippen LogP contribution >= 0.6 is 0 Å². The van der Waals surface area contributed by atoms with E-state index in [-0.39, 0.29) is 17.1 Å². The number of nitrogens with zero attached hydrogens (tertiary/aromatic N) is 1. The molecule has 8 heteroatoms. The van der Waals surface area contributed by atoms with Crippen LogP contribution in [0.2, 0.25) is 0 Å². The number of carboxylic acids is 1. The average Bonchev–Trinajstić information content (AvgIpc) is 2.61. The fourth-order valence-corrected chi connectivity index (χ4v) is 2.74. The highest BCUT2D eigenvalue weighted by molar-refractivity contribution is 5.94. The van der Waals surface area contributed by atoms with E-state index in [2.05, 4.69) is 15.0 Å². The Morgan fingerprint density at radius 1 is 1.11 bits per heavy atom. The molecule has 5 nitrogen and oxygen atoms in total. The number of halogens is 3. The van der Waals surface area contributed by atoms with E-state index in [1.165, 1.54) is 36.5 Å². The molecular formula is C20H15F3N2O3. The Morgan fingerprint density at radius 2 is 1.89 bits per heavy atom. The molecule has 3 aromatic rings. The summed E-state index contributed by atoms with van der Waals surface area (Å²) in [6, 6.07) is 13.8. The summed E-state index contributed by atoms with van der Waals surface area (Å²) < 4.78 is 41.2. The summed E-state index contributed by atoms with van der Waals surface area (Å²) >= 11 is 0. The Kier molecular flexibility index (Phi) is 5.21. The molecule has 0 saturated heterocycles. The van der Waals surface area contributed by atoms with Crippen LogP contribution in [0.4, 0.5) is 24.7 Å². The van der Waals surface area contributed by atoms with E-state index in [0.717, 1.165) is 11.1 Å². The lowest BCUT2D eigenvalue weighted by atomic mass is 10.00. The van der Waals surface area contributed by atoms with Crippen molar-refractivity contribution in [2.24, 2.45) is 0 Å². The fourth-order valence-electron chi connectivity index (χ4n) is 2.74. The molecule has 0 unspecified atom stereocenters. The first-order chi connectivity index (χ1) is 13.2. The zero-order valence-corrected chi connectivity index (χ0v) is 14.6. The Morgan fingerprint density at radius 3 is 2.57 bits per heavy atom. The van der Waals surface area contributed by atoms with Crippen LogP contribution in [0.5, 0.6) is 5.75 Å². The van der Waals surface area contributed by atoms with Gasteiger partial charge in [0.25, 0.3) is 0 Å². The number of aromatic nitrogens is 1. The summed E-state index contributed by atoms with van der Waals surface area (Å²) in [4.78, 5) is 15.3. The zero-order valence-electron chi connectivity index (χ0n) is 14.6. The molecule has 2 aromatic carbocycles. The van der Waals surface area contributed by atoms with Crippen LogP contribution in [0, 0.1) is 6.92 Å². The molecule has 0 aliphatic heterocycles. The summed E-state index contributed by atoms with van der Waals surface area (Å²) in [5.41, 5.74) is 2.70. The highest BCUT2D eigenvalue weighted by Crippen LogP contribution is 2.31. The summed E-state index contributed by atoms with van der Waals surface area (Å²) in [5, 5.41) is 12.2. The number of carbonyl (C=O) groups is 1. The van der Waals surface area contributed by atoms with Crippen molar-refractivity contribution in [1.29, 1.82) is 0 Å². The molecule has 144 valence electrons. The third-order valence-electron chi connectivity index (χ3n) is 3.91. The maximum absolute atomic E-state index is 12.4. The standard InChI is InChI=1S/C20H15F3N2O3/c1-12-10-14(25-18-17(19(26)27)6-3-9-24-18)7-8-16(12)13-4-2-5-15(11-13)28-20(21,22)23/h2-11H,1H3,(H,24,25)(H,26,27). The van der Waals surface area contributed by atoms with Gasteiger partial charge in [0, 0.05) is 11.9 Å². The molecule has 0 fully saturated rings. The zero-order chi connectivity index (χ0) is 20.3. The quantitative estimate of drug-likeness (QED) is 0.613. The Balaban J connectivity index is 1.88. The van der Waals surface area contributed by atoms with Crippen molar-refractivity contribution in [2.45, 2.75) is 13.3 Å². The number of carboxylic acid groups (broad SMARTS) is 1. The van der Waals surface area contributed by atoms with Crippen molar-refractivity contribution in [3.8, 4) is 16.9 Å². The molecule has 1 aromatic heterocycles. The summed E-state index contributed by atoms with van der Waals surface area (Å²) in [5.74, 6) is -1.21. The molecule has 0 aliphatic carbocycles. The number of anilines is 2. The first-order valence-corrected chi connectivity index (χ1v) is 8.15. The average molecular weight is 388 g/mol. The maximum atomic E-state index is 12.4. The van der Waals surface area contributed by atoms with Crippen molar-refractivity contribution < 1.29 is 27.8 Å². The highest BCUT2D eigenvalue weighted by Gasteiger charge is 2.31. The molecule has 0 spiro atoms. The van der Waals surface area contributed by atoms with E-state index in [4.69, 9.17) is 0 Å². The largest absolute Gasteiger partial charge is 0.573 e. The Labute approximate surface area is 158 Å². The number of benzene rings is 2. The van der Waals surface area contributed by atoms with Crippen LogP contribution in [0.15, 0.2) is 60.8 Å². The molecule has 0 bridgehead atoms. The van der Waals surface area contributed by atoms with E-state index >= 15 is 0 Å². The number of hydrogen-bond acceptors (Lipinski definition) is 4. The number of rotatable bonds is 5. The van der Waals surface area contributed by atoms with Crippen molar-refractivity contribution in [3.05, 3.63) is 71.9 Å². The summed E-state index contributed by atoms with van der Waals surface area (Å²) in [6.45, 7) is 1.80. The number of aromatic carboxylic acids is 1. The van der Waals surface area contributed by atoms with Gasteiger partial charge in [-0.05, 0) is 60.0 Å². The monoisotopic (exact) mass is 388 g/mol. The van der Waals surface area contributed by atoms with E-state index < -0.39 is 12.3 Å². The van der Waals surface area contributed by atoms with Gasteiger partial charge in [0.15, 0.2) is 0 Å². The molecule has 28 heavy (non-hydrogen) atoms. The molecule has 3 rings (SSSR count). The van der Waals surface area contributed by atoms with Gasteiger partial charge in [-0.3, -0.25) is 0 Å². The van der Waals surface area contributed by atoms with Gasteiger partial charge >= 0.3 is 12.3 Å². The first-order valence-electron chi connectivity index (χ1n) is 8.15. The van der Waals surface area contributed by atoms with Gasteiger partial charge in [-0.2, -0.15) is 0 Å². The second-order valence-electron chi connectivity index (χ2n) is 5.94. The van der Waals surface area contributed by atoms with E-state index in [9.17, 15) is 23.1 Å². The molecule has 0 aliphatic rings. The lowest BCUT2D eigenvalue weighted by molar-refractivity contribution is -0.274. The Bertz CT molecular complexity index is 1020. The van der Waals surface area contributed by atoms with Gasteiger partial charge < -0.3 is 15.2 Å².